The van der Waals surface area contributed by atoms with Gasteiger partial charge in [0.15, 0.2) is 11.5 Å². The Morgan fingerprint density at radius 2 is 1.78 bits per heavy atom. The number of imidazole rings is 1. The smallest absolute Gasteiger partial charge is 0.163 e. The van der Waals surface area contributed by atoms with Crippen LogP contribution < -0.4 is 15.2 Å². The van der Waals surface area contributed by atoms with Gasteiger partial charge in [-0.3, -0.25) is 0 Å². The molecule has 0 saturated carbocycles. The number of ether oxygens (including phenoxy) is 2. The van der Waals surface area contributed by atoms with Crippen LogP contribution in [0.15, 0.2) is 12.1 Å². The second-order valence-electron chi connectivity index (χ2n) is 6.15. The first-order valence-electron chi connectivity index (χ1n) is 8.24. The number of rotatable bonds is 6. The van der Waals surface area contributed by atoms with Crippen LogP contribution in [0, 0.1) is 0 Å². The molecule has 1 atom stereocenters. The highest BCUT2D eigenvalue weighted by molar-refractivity contribution is 5.80. The third-order valence-electron chi connectivity index (χ3n) is 4.53. The normalized spacial score (nSPS) is 16.9. The number of hydrogen-bond acceptors (Lipinski definition) is 5. The maximum Gasteiger partial charge on any atom is 0.163 e. The number of fused-ring (bicyclic) bond motifs is 1. The van der Waals surface area contributed by atoms with Crippen LogP contribution in [0.3, 0.4) is 0 Å². The van der Waals surface area contributed by atoms with Gasteiger partial charge in [-0.1, -0.05) is 0 Å². The SMILES string of the molecule is COc1cc2nc(C(C)N)n(CCN3CCCC3)c2cc1OC. The Kier molecular flexibility index (Phi) is 4.73. The first-order valence-corrected chi connectivity index (χ1v) is 8.24. The maximum absolute atomic E-state index is 6.14. The van der Waals surface area contributed by atoms with Crippen LogP contribution in [0.5, 0.6) is 11.5 Å². The molecule has 1 fully saturated rings. The van der Waals surface area contributed by atoms with Crippen molar-refractivity contribution < 1.29 is 9.47 Å². The van der Waals surface area contributed by atoms with Gasteiger partial charge in [-0.05, 0) is 32.9 Å². The molecule has 2 heterocycles. The molecule has 1 aromatic heterocycles. The van der Waals surface area contributed by atoms with Gasteiger partial charge in [-0.25, -0.2) is 4.98 Å². The van der Waals surface area contributed by atoms with Crippen molar-refractivity contribution in [3.05, 3.63) is 18.0 Å². The fourth-order valence-electron chi connectivity index (χ4n) is 3.30. The maximum atomic E-state index is 6.14. The molecular formula is C17H26N4O2. The Balaban J connectivity index is 1.99. The van der Waals surface area contributed by atoms with Gasteiger partial charge in [-0.15, -0.1) is 0 Å². The summed E-state index contributed by atoms with van der Waals surface area (Å²) in [6.07, 6.45) is 2.60. The van der Waals surface area contributed by atoms with E-state index in [0.717, 1.165) is 35.7 Å². The Bertz CT molecular complexity index is 675. The molecule has 1 unspecified atom stereocenters. The minimum absolute atomic E-state index is 0.113. The van der Waals surface area contributed by atoms with E-state index in [2.05, 4.69) is 9.47 Å². The summed E-state index contributed by atoms with van der Waals surface area (Å²) in [5.74, 6) is 2.33. The van der Waals surface area contributed by atoms with Crippen LogP contribution in [0.25, 0.3) is 11.0 Å². The van der Waals surface area contributed by atoms with Crippen molar-refractivity contribution in [2.24, 2.45) is 5.73 Å². The van der Waals surface area contributed by atoms with Crippen molar-refractivity contribution in [3.8, 4) is 11.5 Å². The van der Waals surface area contributed by atoms with Crippen molar-refractivity contribution in [2.45, 2.75) is 32.4 Å². The van der Waals surface area contributed by atoms with E-state index in [0.29, 0.717) is 5.75 Å². The lowest BCUT2D eigenvalue weighted by atomic mass is 10.2. The van der Waals surface area contributed by atoms with Crippen LogP contribution in [-0.4, -0.2) is 48.3 Å². The molecule has 0 aliphatic carbocycles. The van der Waals surface area contributed by atoms with Gasteiger partial charge in [-0.2, -0.15) is 0 Å². The van der Waals surface area contributed by atoms with Gasteiger partial charge in [0.25, 0.3) is 0 Å². The third kappa shape index (κ3) is 3.14. The van der Waals surface area contributed by atoms with Crippen molar-refractivity contribution in [3.63, 3.8) is 0 Å². The summed E-state index contributed by atoms with van der Waals surface area (Å²) in [4.78, 5) is 7.22. The van der Waals surface area contributed by atoms with E-state index in [-0.39, 0.29) is 6.04 Å². The molecule has 2 N–H and O–H groups in total. The predicted octanol–water partition coefficient (Wildman–Crippen LogP) is 2.17. The highest BCUT2D eigenvalue weighted by atomic mass is 16.5. The van der Waals surface area contributed by atoms with E-state index in [9.17, 15) is 0 Å². The number of nitrogens with two attached hydrogens (primary N) is 1. The van der Waals surface area contributed by atoms with Crippen LogP contribution in [0.4, 0.5) is 0 Å². The highest BCUT2D eigenvalue weighted by Crippen LogP contribution is 2.33. The second kappa shape index (κ2) is 6.76. The molecule has 0 bridgehead atoms. The Labute approximate surface area is 137 Å². The molecule has 1 aliphatic rings. The molecule has 0 spiro atoms. The number of methoxy groups -OCH3 is 2. The topological polar surface area (TPSA) is 65.5 Å². The van der Waals surface area contributed by atoms with E-state index >= 15 is 0 Å². The van der Waals surface area contributed by atoms with E-state index < -0.39 is 0 Å². The first-order chi connectivity index (χ1) is 11.1. The van der Waals surface area contributed by atoms with E-state index in [4.69, 9.17) is 20.2 Å². The number of nitrogens with zero attached hydrogens (tertiary/aromatic N) is 3. The summed E-state index contributed by atoms with van der Waals surface area (Å²) in [5, 5.41) is 0. The van der Waals surface area contributed by atoms with Crippen molar-refractivity contribution >= 4 is 11.0 Å². The molecule has 1 saturated heterocycles. The molecule has 0 amide bonds. The zero-order valence-corrected chi connectivity index (χ0v) is 14.2. The molecule has 1 aliphatic heterocycles. The van der Waals surface area contributed by atoms with Gasteiger partial charge < -0.3 is 24.7 Å². The number of aromatic nitrogens is 2. The summed E-state index contributed by atoms with van der Waals surface area (Å²) < 4.78 is 13.0. The zero-order chi connectivity index (χ0) is 16.4. The second-order valence-corrected chi connectivity index (χ2v) is 6.15. The van der Waals surface area contributed by atoms with Crippen molar-refractivity contribution in [2.75, 3.05) is 33.9 Å². The molecular weight excluding hydrogens is 292 g/mol. The van der Waals surface area contributed by atoms with E-state index in [1.54, 1.807) is 14.2 Å². The average Bonchev–Trinajstić information content (AvgIpc) is 3.18. The quantitative estimate of drug-likeness (QED) is 0.884. The molecule has 6 nitrogen and oxygen atoms in total. The van der Waals surface area contributed by atoms with Gasteiger partial charge in [0.05, 0.1) is 31.3 Å². The summed E-state index contributed by atoms with van der Waals surface area (Å²) in [7, 11) is 3.29. The van der Waals surface area contributed by atoms with E-state index in [1.165, 1.54) is 25.9 Å². The van der Waals surface area contributed by atoms with Gasteiger partial charge in [0.2, 0.25) is 0 Å². The molecule has 6 heteroatoms. The molecule has 3 rings (SSSR count). The largest absolute Gasteiger partial charge is 0.493 e. The Morgan fingerprint density at radius 3 is 2.39 bits per heavy atom. The average molecular weight is 318 g/mol. The summed E-state index contributed by atoms with van der Waals surface area (Å²) in [5.41, 5.74) is 8.09. The predicted molar refractivity (Wildman–Crippen MR) is 91.1 cm³/mol. The van der Waals surface area contributed by atoms with Gasteiger partial charge in [0.1, 0.15) is 5.82 Å². The number of benzene rings is 1. The van der Waals surface area contributed by atoms with Gasteiger partial charge in [0, 0.05) is 25.2 Å². The fourth-order valence-corrected chi connectivity index (χ4v) is 3.30. The van der Waals surface area contributed by atoms with Gasteiger partial charge >= 0.3 is 0 Å². The van der Waals surface area contributed by atoms with Crippen molar-refractivity contribution in [1.82, 2.24) is 14.5 Å². The Hall–Kier alpha value is -1.79. The number of likely N-dealkylation sites (tertiary alicyclic amines) is 1. The monoisotopic (exact) mass is 318 g/mol. The highest BCUT2D eigenvalue weighted by Gasteiger charge is 2.18. The first kappa shape index (κ1) is 16.1. The summed E-state index contributed by atoms with van der Waals surface area (Å²) in [6, 6.07) is 3.81. The van der Waals surface area contributed by atoms with Crippen LogP contribution in [0.2, 0.25) is 0 Å². The van der Waals surface area contributed by atoms with E-state index in [1.807, 2.05) is 19.1 Å². The van der Waals surface area contributed by atoms with Crippen LogP contribution in [-0.2, 0) is 6.54 Å². The molecule has 23 heavy (non-hydrogen) atoms. The fraction of sp³-hybridized carbons (Fsp3) is 0.588. The molecule has 126 valence electrons. The third-order valence-corrected chi connectivity index (χ3v) is 4.53. The minimum atomic E-state index is -0.113. The zero-order valence-electron chi connectivity index (χ0n) is 14.2. The lowest BCUT2D eigenvalue weighted by molar-refractivity contribution is 0.321. The lowest BCUT2D eigenvalue weighted by Gasteiger charge is -2.18. The van der Waals surface area contributed by atoms with Crippen LogP contribution >= 0.6 is 0 Å². The van der Waals surface area contributed by atoms with Crippen molar-refractivity contribution in [1.29, 1.82) is 0 Å². The molecule has 2 aromatic rings. The minimum Gasteiger partial charge on any atom is -0.493 e. The summed E-state index contributed by atoms with van der Waals surface area (Å²) in [6.45, 7) is 6.28. The summed E-state index contributed by atoms with van der Waals surface area (Å²) >= 11 is 0. The number of hydrogen-bond donors (Lipinski definition) is 1. The standard InChI is InChI=1S/C17H26N4O2/c1-12(18)17-19-13-10-15(22-2)16(23-3)11-14(13)21(17)9-8-20-6-4-5-7-20/h10-12H,4-9,18H2,1-3H3. The molecule has 0 radical (unpaired) electrons. The Morgan fingerprint density at radius 1 is 1.13 bits per heavy atom. The molecule has 1 aromatic carbocycles. The lowest BCUT2D eigenvalue weighted by Crippen LogP contribution is -2.25. The van der Waals surface area contributed by atoms with Crippen LogP contribution in [0.1, 0.15) is 31.6 Å².